The first-order chi connectivity index (χ1) is 9.86. The molecule has 0 radical (unpaired) electrons. The Hall–Kier alpha value is -2.27. The molecule has 0 aliphatic heterocycles. The molecule has 20 heavy (non-hydrogen) atoms. The maximum Gasteiger partial charge on any atom is 0.247 e. The summed E-state index contributed by atoms with van der Waals surface area (Å²) in [7, 11) is 0. The predicted molar refractivity (Wildman–Crippen MR) is 77.3 cm³/mol. The van der Waals surface area contributed by atoms with Gasteiger partial charge >= 0.3 is 0 Å². The van der Waals surface area contributed by atoms with Gasteiger partial charge < -0.3 is 9.73 Å². The summed E-state index contributed by atoms with van der Waals surface area (Å²) in [4.78, 5) is 4.30. The van der Waals surface area contributed by atoms with E-state index in [1.54, 1.807) is 6.20 Å². The van der Waals surface area contributed by atoms with E-state index in [4.69, 9.17) is 4.42 Å². The smallest absolute Gasteiger partial charge is 0.247 e. The van der Waals surface area contributed by atoms with E-state index in [1.165, 1.54) is 0 Å². The highest BCUT2D eigenvalue weighted by atomic mass is 16.4. The van der Waals surface area contributed by atoms with E-state index < -0.39 is 0 Å². The Kier molecular flexibility index (Phi) is 3.69. The van der Waals surface area contributed by atoms with Gasteiger partial charge in [-0.25, -0.2) is 0 Å². The van der Waals surface area contributed by atoms with Gasteiger partial charge in [-0.2, -0.15) is 0 Å². The molecule has 102 valence electrons. The average molecular weight is 268 g/mol. The second-order valence-corrected chi connectivity index (χ2v) is 4.52. The number of hydrogen-bond donors (Lipinski definition) is 1. The summed E-state index contributed by atoms with van der Waals surface area (Å²) in [5, 5.41) is 12.5. The molecule has 5 heteroatoms. The van der Waals surface area contributed by atoms with E-state index in [2.05, 4.69) is 27.4 Å². The Balaban J connectivity index is 1.83. The summed E-state index contributed by atoms with van der Waals surface area (Å²) in [6.45, 7) is 3.86. The van der Waals surface area contributed by atoms with Crippen molar-refractivity contribution in [3.8, 4) is 11.5 Å². The number of hydrogen-bond acceptors (Lipinski definition) is 5. The molecule has 0 atom stereocenters. The Morgan fingerprint density at radius 2 is 2.15 bits per heavy atom. The first kappa shape index (κ1) is 12.7. The van der Waals surface area contributed by atoms with Crippen molar-refractivity contribution in [2.45, 2.75) is 13.3 Å². The molecule has 0 amide bonds. The second-order valence-electron chi connectivity index (χ2n) is 4.52. The molecule has 0 aliphatic rings. The molecule has 0 unspecified atom stereocenters. The van der Waals surface area contributed by atoms with Crippen LogP contribution in [0.4, 0.5) is 0 Å². The fourth-order valence-corrected chi connectivity index (χ4v) is 2.05. The molecule has 3 rings (SSSR count). The van der Waals surface area contributed by atoms with Gasteiger partial charge in [0.25, 0.3) is 0 Å². The van der Waals surface area contributed by atoms with Crippen LogP contribution in [0.15, 0.2) is 40.9 Å². The Morgan fingerprint density at radius 3 is 3.05 bits per heavy atom. The average Bonchev–Trinajstić information content (AvgIpc) is 2.96. The largest absolute Gasteiger partial charge is 0.421 e. The van der Waals surface area contributed by atoms with Gasteiger partial charge in [-0.05, 0) is 30.8 Å². The van der Waals surface area contributed by atoms with E-state index in [0.717, 1.165) is 36.0 Å². The molecular weight excluding hydrogens is 252 g/mol. The zero-order valence-corrected chi connectivity index (χ0v) is 11.3. The summed E-state index contributed by atoms with van der Waals surface area (Å²) >= 11 is 0. The number of aromatic nitrogens is 3. The number of rotatable bonds is 5. The van der Waals surface area contributed by atoms with Crippen LogP contribution in [0.3, 0.4) is 0 Å². The second kappa shape index (κ2) is 5.79. The van der Waals surface area contributed by atoms with Crippen molar-refractivity contribution in [1.29, 1.82) is 0 Å². The minimum absolute atomic E-state index is 0.558. The fourth-order valence-electron chi connectivity index (χ4n) is 2.05. The maximum atomic E-state index is 5.68. The lowest BCUT2D eigenvalue weighted by Gasteiger charge is -1.99. The van der Waals surface area contributed by atoms with Crippen LogP contribution < -0.4 is 5.32 Å². The van der Waals surface area contributed by atoms with Gasteiger partial charge in [-0.15, -0.1) is 10.2 Å². The van der Waals surface area contributed by atoms with Gasteiger partial charge in [0, 0.05) is 30.1 Å². The van der Waals surface area contributed by atoms with Crippen molar-refractivity contribution in [3.05, 3.63) is 42.4 Å². The molecule has 2 heterocycles. The van der Waals surface area contributed by atoms with E-state index in [-0.39, 0.29) is 0 Å². The van der Waals surface area contributed by atoms with Crippen LogP contribution in [0.2, 0.25) is 0 Å². The van der Waals surface area contributed by atoms with E-state index >= 15 is 0 Å². The van der Waals surface area contributed by atoms with Gasteiger partial charge in [0.15, 0.2) is 0 Å². The van der Waals surface area contributed by atoms with Gasteiger partial charge in [0.2, 0.25) is 11.8 Å². The van der Waals surface area contributed by atoms with Crippen LogP contribution in [0, 0.1) is 0 Å². The Morgan fingerprint density at radius 1 is 1.20 bits per heavy atom. The molecule has 1 N–H and O–H groups in total. The van der Waals surface area contributed by atoms with Gasteiger partial charge in [-0.3, -0.25) is 4.98 Å². The normalized spacial score (nSPS) is 11.1. The van der Waals surface area contributed by atoms with Crippen molar-refractivity contribution in [1.82, 2.24) is 20.5 Å². The monoisotopic (exact) mass is 268 g/mol. The molecule has 0 fully saturated rings. The highest BCUT2D eigenvalue weighted by molar-refractivity contribution is 5.82. The highest BCUT2D eigenvalue weighted by Gasteiger charge is 2.09. The third-order valence-electron chi connectivity index (χ3n) is 3.08. The number of likely N-dealkylation sites (N-methyl/N-ethyl adjacent to an activating group) is 1. The van der Waals surface area contributed by atoms with E-state index in [9.17, 15) is 0 Å². The SMILES string of the molecule is CCNCCc1nnc(-c2ccc3ncccc3c2)o1. The van der Waals surface area contributed by atoms with Crippen LogP contribution in [-0.2, 0) is 6.42 Å². The van der Waals surface area contributed by atoms with Crippen LogP contribution in [-0.4, -0.2) is 28.3 Å². The Bertz CT molecular complexity index is 708. The van der Waals surface area contributed by atoms with Crippen LogP contribution in [0.25, 0.3) is 22.4 Å². The van der Waals surface area contributed by atoms with Gasteiger partial charge in [0.1, 0.15) is 0 Å². The topological polar surface area (TPSA) is 63.8 Å². The highest BCUT2D eigenvalue weighted by Crippen LogP contribution is 2.22. The zero-order chi connectivity index (χ0) is 13.8. The lowest BCUT2D eigenvalue weighted by atomic mass is 10.1. The predicted octanol–water partition coefficient (Wildman–Crippen LogP) is 2.44. The molecule has 0 aliphatic carbocycles. The lowest BCUT2D eigenvalue weighted by Crippen LogP contribution is -2.16. The minimum Gasteiger partial charge on any atom is -0.421 e. The molecule has 1 aromatic carbocycles. The van der Waals surface area contributed by atoms with Crippen molar-refractivity contribution >= 4 is 10.9 Å². The molecular formula is C15H16N4O. The van der Waals surface area contributed by atoms with Crippen LogP contribution in [0.1, 0.15) is 12.8 Å². The van der Waals surface area contributed by atoms with E-state index in [0.29, 0.717) is 11.8 Å². The lowest BCUT2D eigenvalue weighted by molar-refractivity contribution is 0.496. The molecule has 2 aromatic heterocycles. The van der Waals surface area contributed by atoms with Gasteiger partial charge in [-0.1, -0.05) is 13.0 Å². The zero-order valence-electron chi connectivity index (χ0n) is 11.3. The third kappa shape index (κ3) is 2.67. The van der Waals surface area contributed by atoms with E-state index in [1.807, 2.05) is 30.3 Å². The number of nitrogens with zero attached hydrogens (tertiary/aromatic N) is 3. The number of fused-ring (bicyclic) bond motifs is 1. The summed E-state index contributed by atoms with van der Waals surface area (Å²) in [5.41, 5.74) is 1.89. The molecule has 0 saturated carbocycles. The maximum absolute atomic E-state index is 5.68. The summed E-state index contributed by atoms with van der Waals surface area (Å²) in [5.74, 6) is 1.22. The van der Waals surface area contributed by atoms with Crippen molar-refractivity contribution in [2.24, 2.45) is 0 Å². The third-order valence-corrected chi connectivity index (χ3v) is 3.08. The minimum atomic E-state index is 0.558. The standard InChI is InChI=1S/C15H16N4O/c1-2-16-9-7-14-18-19-15(20-14)12-5-6-13-11(10-12)4-3-8-17-13/h3-6,8,10,16H,2,7,9H2,1H3. The number of pyridine rings is 1. The quantitative estimate of drug-likeness (QED) is 0.720. The van der Waals surface area contributed by atoms with Gasteiger partial charge in [0.05, 0.1) is 5.52 Å². The summed E-state index contributed by atoms with van der Waals surface area (Å²) < 4.78 is 5.68. The van der Waals surface area contributed by atoms with Crippen molar-refractivity contribution in [2.75, 3.05) is 13.1 Å². The summed E-state index contributed by atoms with van der Waals surface area (Å²) in [6, 6.07) is 9.88. The molecule has 3 aromatic rings. The van der Waals surface area contributed by atoms with Crippen LogP contribution >= 0.6 is 0 Å². The molecule has 0 saturated heterocycles. The molecule has 0 bridgehead atoms. The molecule has 0 spiro atoms. The Labute approximate surface area is 117 Å². The molecule has 5 nitrogen and oxygen atoms in total. The summed E-state index contributed by atoms with van der Waals surface area (Å²) in [6.07, 6.45) is 2.53. The first-order valence-corrected chi connectivity index (χ1v) is 6.75. The van der Waals surface area contributed by atoms with Crippen LogP contribution in [0.5, 0.6) is 0 Å². The number of benzene rings is 1. The fraction of sp³-hybridized carbons (Fsp3) is 0.267. The van der Waals surface area contributed by atoms with Crippen molar-refractivity contribution in [3.63, 3.8) is 0 Å². The van der Waals surface area contributed by atoms with Crippen molar-refractivity contribution < 1.29 is 4.42 Å². The first-order valence-electron chi connectivity index (χ1n) is 6.75. The number of nitrogens with one attached hydrogen (secondary N) is 1.